The van der Waals surface area contributed by atoms with Gasteiger partial charge in [-0.3, -0.25) is 0 Å². The van der Waals surface area contributed by atoms with Gasteiger partial charge < -0.3 is 5.11 Å². The van der Waals surface area contributed by atoms with Crippen molar-refractivity contribution in [2.45, 2.75) is 36.8 Å². The minimum atomic E-state index is -3.65. The topological polar surface area (TPSA) is 57.6 Å². The van der Waals surface area contributed by atoms with Crippen molar-refractivity contribution in [3.63, 3.8) is 0 Å². The van der Waals surface area contributed by atoms with Crippen LogP contribution in [0.3, 0.4) is 0 Å². The molecule has 7 heteroatoms. The van der Waals surface area contributed by atoms with E-state index in [1.54, 1.807) is 7.05 Å². The van der Waals surface area contributed by atoms with E-state index in [9.17, 15) is 8.42 Å². The molecular formula is C12H15Cl2NO3S. The van der Waals surface area contributed by atoms with Crippen molar-refractivity contribution < 1.29 is 13.5 Å². The second-order valence-electron chi connectivity index (χ2n) is 4.64. The van der Waals surface area contributed by atoms with Gasteiger partial charge in [0.05, 0.1) is 11.6 Å². The molecule has 0 aliphatic heterocycles. The summed E-state index contributed by atoms with van der Waals surface area (Å²) in [5, 5.41) is 9.51. The molecular weight excluding hydrogens is 309 g/mol. The molecule has 1 N–H and O–H groups in total. The minimum absolute atomic E-state index is 0.00276. The summed E-state index contributed by atoms with van der Waals surface area (Å²) in [6.07, 6.45) is 2.78. The van der Waals surface area contributed by atoms with Crippen molar-refractivity contribution in [2.24, 2.45) is 0 Å². The predicted octanol–water partition coefficient (Wildman–Crippen LogP) is 2.66. The van der Waals surface area contributed by atoms with Gasteiger partial charge in [0.15, 0.2) is 0 Å². The lowest BCUT2D eigenvalue weighted by Gasteiger charge is -2.34. The van der Waals surface area contributed by atoms with Crippen LogP contribution in [0.1, 0.15) is 24.8 Å². The molecule has 1 aromatic rings. The van der Waals surface area contributed by atoms with Crippen LogP contribution in [0.5, 0.6) is 0 Å². The van der Waals surface area contributed by atoms with E-state index in [2.05, 4.69) is 0 Å². The van der Waals surface area contributed by atoms with Gasteiger partial charge in [0.1, 0.15) is 4.90 Å². The number of hydrogen-bond acceptors (Lipinski definition) is 3. The first-order valence-corrected chi connectivity index (χ1v) is 8.14. The molecule has 1 aromatic carbocycles. The lowest BCUT2D eigenvalue weighted by Crippen LogP contribution is -2.41. The molecule has 106 valence electrons. The van der Waals surface area contributed by atoms with Gasteiger partial charge in [-0.15, -0.1) is 0 Å². The third kappa shape index (κ3) is 2.76. The summed E-state index contributed by atoms with van der Waals surface area (Å²) in [5.41, 5.74) is 0.353. The quantitative estimate of drug-likeness (QED) is 0.926. The molecule has 0 saturated heterocycles. The molecule has 19 heavy (non-hydrogen) atoms. The fourth-order valence-corrected chi connectivity index (χ4v) is 4.24. The highest BCUT2D eigenvalue weighted by Crippen LogP contribution is 2.33. The Morgan fingerprint density at radius 3 is 2.42 bits per heavy atom. The van der Waals surface area contributed by atoms with E-state index in [1.807, 2.05) is 0 Å². The van der Waals surface area contributed by atoms with Crippen molar-refractivity contribution in [3.05, 3.63) is 27.7 Å². The SMILES string of the molecule is CN(C1CCC1)S(=O)(=O)c1cc(CO)c(Cl)cc1Cl. The molecule has 0 heterocycles. The van der Waals surface area contributed by atoms with Gasteiger partial charge >= 0.3 is 0 Å². The zero-order valence-corrected chi connectivity index (χ0v) is 12.8. The van der Waals surface area contributed by atoms with E-state index in [0.717, 1.165) is 19.3 Å². The summed E-state index contributed by atoms with van der Waals surface area (Å²) in [6, 6.07) is 2.74. The first-order valence-electron chi connectivity index (χ1n) is 5.94. The number of sulfonamides is 1. The number of aliphatic hydroxyl groups is 1. The van der Waals surface area contributed by atoms with Crippen molar-refractivity contribution in [1.29, 1.82) is 0 Å². The number of aliphatic hydroxyl groups excluding tert-OH is 1. The molecule has 0 spiro atoms. The van der Waals surface area contributed by atoms with Crippen molar-refractivity contribution in [1.82, 2.24) is 4.31 Å². The van der Waals surface area contributed by atoms with Crippen LogP contribution in [-0.2, 0) is 16.6 Å². The summed E-state index contributed by atoms with van der Waals surface area (Å²) in [4.78, 5) is -0.00276. The summed E-state index contributed by atoms with van der Waals surface area (Å²) in [7, 11) is -2.09. The van der Waals surface area contributed by atoms with Gasteiger partial charge in [-0.2, -0.15) is 4.31 Å². The van der Waals surface area contributed by atoms with Crippen LogP contribution in [0.15, 0.2) is 17.0 Å². The molecule has 0 bridgehead atoms. The van der Waals surface area contributed by atoms with Crippen LogP contribution in [-0.4, -0.2) is 30.9 Å². The van der Waals surface area contributed by atoms with E-state index in [0.29, 0.717) is 5.56 Å². The highest BCUT2D eigenvalue weighted by molar-refractivity contribution is 7.89. The molecule has 2 rings (SSSR count). The Hall–Kier alpha value is -0.330. The Bertz CT molecular complexity index is 585. The maximum absolute atomic E-state index is 12.5. The Kier molecular flexibility index (Phi) is 4.42. The number of hydrogen-bond donors (Lipinski definition) is 1. The number of nitrogens with zero attached hydrogens (tertiary/aromatic N) is 1. The van der Waals surface area contributed by atoms with E-state index in [-0.39, 0.29) is 27.6 Å². The van der Waals surface area contributed by atoms with Crippen LogP contribution in [0.25, 0.3) is 0 Å². The standard InChI is InChI=1S/C12H15Cl2NO3S/c1-15(9-3-2-4-9)19(17,18)12-5-8(7-16)10(13)6-11(12)14/h5-6,9,16H,2-4,7H2,1H3. The third-order valence-electron chi connectivity index (χ3n) is 3.52. The molecule has 0 unspecified atom stereocenters. The van der Waals surface area contributed by atoms with Gasteiger partial charge in [-0.05, 0) is 30.5 Å². The fourth-order valence-electron chi connectivity index (χ4n) is 1.99. The predicted molar refractivity (Wildman–Crippen MR) is 75.0 cm³/mol. The molecule has 0 radical (unpaired) electrons. The maximum atomic E-state index is 12.5. The van der Waals surface area contributed by atoms with Gasteiger partial charge in [0.2, 0.25) is 10.0 Å². The smallest absolute Gasteiger partial charge is 0.244 e. The van der Waals surface area contributed by atoms with Crippen molar-refractivity contribution in [3.8, 4) is 0 Å². The number of rotatable bonds is 4. The molecule has 0 atom stereocenters. The van der Waals surface area contributed by atoms with Crippen LogP contribution in [0.4, 0.5) is 0 Å². The summed E-state index contributed by atoms with van der Waals surface area (Å²) in [6.45, 7) is -0.328. The normalized spacial score (nSPS) is 16.7. The zero-order valence-electron chi connectivity index (χ0n) is 10.4. The highest BCUT2D eigenvalue weighted by Gasteiger charge is 2.33. The molecule has 4 nitrogen and oxygen atoms in total. The van der Waals surface area contributed by atoms with E-state index in [4.69, 9.17) is 28.3 Å². The molecule has 1 saturated carbocycles. The average Bonchev–Trinajstić information content (AvgIpc) is 2.26. The fraction of sp³-hybridized carbons (Fsp3) is 0.500. The highest BCUT2D eigenvalue weighted by atomic mass is 35.5. The molecule has 1 fully saturated rings. The Morgan fingerprint density at radius 2 is 1.95 bits per heavy atom. The molecule has 1 aliphatic rings. The average molecular weight is 324 g/mol. The third-order valence-corrected chi connectivity index (χ3v) is 6.24. The maximum Gasteiger partial charge on any atom is 0.244 e. The summed E-state index contributed by atoms with van der Waals surface area (Å²) >= 11 is 11.9. The first kappa shape index (κ1) is 15.1. The van der Waals surface area contributed by atoms with Crippen LogP contribution in [0, 0.1) is 0 Å². The lowest BCUT2D eigenvalue weighted by atomic mass is 9.94. The summed E-state index contributed by atoms with van der Waals surface area (Å²) in [5.74, 6) is 0. The van der Waals surface area contributed by atoms with Crippen molar-refractivity contribution >= 4 is 33.2 Å². The number of benzene rings is 1. The Labute approximate surface area is 123 Å². The zero-order chi connectivity index (χ0) is 14.2. The molecule has 1 aliphatic carbocycles. The minimum Gasteiger partial charge on any atom is -0.392 e. The number of halogens is 2. The van der Waals surface area contributed by atoms with Crippen molar-refractivity contribution in [2.75, 3.05) is 7.05 Å². The monoisotopic (exact) mass is 323 g/mol. The van der Waals surface area contributed by atoms with E-state index in [1.165, 1.54) is 16.4 Å². The first-order chi connectivity index (χ1) is 8.87. The van der Waals surface area contributed by atoms with E-state index >= 15 is 0 Å². The Morgan fingerprint density at radius 1 is 1.32 bits per heavy atom. The lowest BCUT2D eigenvalue weighted by molar-refractivity contribution is 0.249. The summed E-state index contributed by atoms with van der Waals surface area (Å²) < 4.78 is 26.3. The van der Waals surface area contributed by atoms with Gasteiger partial charge in [0, 0.05) is 18.1 Å². The molecule has 0 aromatic heterocycles. The van der Waals surface area contributed by atoms with Crippen LogP contribution in [0.2, 0.25) is 10.0 Å². The largest absolute Gasteiger partial charge is 0.392 e. The van der Waals surface area contributed by atoms with E-state index < -0.39 is 10.0 Å². The van der Waals surface area contributed by atoms with Gasteiger partial charge in [-0.25, -0.2) is 8.42 Å². The second-order valence-corrected chi connectivity index (χ2v) is 7.42. The van der Waals surface area contributed by atoms with Crippen LogP contribution >= 0.6 is 23.2 Å². The molecule has 0 amide bonds. The van der Waals surface area contributed by atoms with Gasteiger partial charge in [-0.1, -0.05) is 29.6 Å². The van der Waals surface area contributed by atoms with Crippen LogP contribution < -0.4 is 0 Å². The second kappa shape index (κ2) is 5.58. The Balaban J connectivity index is 2.44. The van der Waals surface area contributed by atoms with Gasteiger partial charge in [0.25, 0.3) is 0 Å².